The van der Waals surface area contributed by atoms with E-state index in [-0.39, 0.29) is 24.5 Å². The molecule has 2 aromatic heterocycles. The van der Waals surface area contributed by atoms with E-state index in [1.165, 1.54) is 0 Å². The summed E-state index contributed by atoms with van der Waals surface area (Å²) in [6.07, 6.45) is 3.83. The van der Waals surface area contributed by atoms with Crippen molar-refractivity contribution in [3.8, 4) is 0 Å². The van der Waals surface area contributed by atoms with Crippen LogP contribution in [0.15, 0.2) is 12.4 Å². The minimum absolute atomic E-state index is 0.100. The van der Waals surface area contributed by atoms with E-state index in [2.05, 4.69) is 15.4 Å². The number of carbonyl (C=O) groups excluding carboxylic acids is 1. The summed E-state index contributed by atoms with van der Waals surface area (Å²) in [6, 6.07) is 0.372. The van der Waals surface area contributed by atoms with Crippen molar-refractivity contribution < 1.29 is 9.90 Å². The third kappa shape index (κ3) is 3.06. The molecule has 1 aliphatic rings. The first-order chi connectivity index (χ1) is 11.7. The zero-order chi connectivity index (χ0) is 18.4. The van der Waals surface area contributed by atoms with Gasteiger partial charge in [-0.15, -0.1) is 5.10 Å². The zero-order valence-electron chi connectivity index (χ0n) is 15.5. The van der Waals surface area contributed by atoms with Gasteiger partial charge in [-0.3, -0.25) is 9.48 Å². The maximum atomic E-state index is 12.9. The molecule has 1 saturated heterocycles. The second-order valence-electron chi connectivity index (χ2n) is 7.37. The fraction of sp³-hybridized carbons (Fsp3) is 0.647. The highest BCUT2D eigenvalue weighted by molar-refractivity contribution is 5.95. The van der Waals surface area contributed by atoms with Crippen LogP contribution in [0.1, 0.15) is 67.9 Å². The fourth-order valence-corrected chi connectivity index (χ4v) is 3.24. The van der Waals surface area contributed by atoms with Crippen LogP contribution in [0.25, 0.3) is 0 Å². The number of rotatable bonds is 4. The van der Waals surface area contributed by atoms with Crippen LogP contribution < -0.4 is 0 Å². The Morgan fingerprint density at radius 2 is 2.00 bits per heavy atom. The lowest BCUT2D eigenvalue weighted by atomic mass is 10.00. The number of carbonyl (C=O) groups is 1. The van der Waals surface area contributed by atoms with Crippen molar-refractivity contribution in [1.82, 2.24) is 29.7 Å². The van der Waals surface area contributed by atoms with Gasteiger partial charge in [-0.1, -0.05) is 5.21 Å². The summed E-state index contributed by atoms with van der Waals surface area (Å²) in [7, 11) is 0. The number of amides is 1. The molecule has 8 nitrogen and oxygen atoms in total. The normalized spacial score (nSPS) is 20.9. The number of nitrogens with zero attached hydrogens (tertiary/aromatic N) is 6. The molecule has 0 aromatic carbocycles. The van der Waals surface area contributed by atoms with Gasteiger partial charge in [-0.25, -0.2) is 4.68 Å². The molecular weight excluding hydrogens is 320 g/mol. The molecule has 1 fully saturated rings. The smallest absolute Gasteiger partial charge is 0.257 e. The minimum Gasteiger partial charge on any atom is -0.381 e. The van der Waals surface area contributed by atoms with Gasteiger partial charge < -0.3 is 10.0 Å². The van der Waals surface area contributed by atoms with E-state index in [1.54, 1.807) is 22.0 Å². The second kappa shape index (κ2) is 6.25. The molecule has 1 N–H and O–H groups in total. The van der Waals surface area contributed by atoms with E-state index in [4.69, 9.17) is 0 Å². The van der Waals surface area contributed by atoms with Crippen molar-refractivity contribution in [2.75, 3.05) is 13.1 Å². The molecule has 2 aromatic rings. The maximum absolute atomic E-state index is 12.9. The Hall–Kier alpha value is -2.22. The number of β-amino-alcohol motifs (C(OH)–C–C–N with tert-alkyl or cyclic N) is 1. The summed E-state index contributed by atoms with van der Waals surface area (Å²) in [5.74, 6) is -0.100. The molecule has 0 spiro atoms. The van der Waals surface area contributed by atoms with E-state index in [9.17, 15) is 9.90 Å². The SMILES string of the molecule is Cc1c(C(=O)N2CCC(O)(c3cn(C(C)C)nn3)C2)cnn1C(C)C. The highest BCUT2D eigenvalue weighted by atomic mass is 16.3. The van der Waals surface area contributed by atoms with E-state index in [1.807, 2.05) is 39.3 Å². The average molecular weight is 346 g/mol. The van der Waals surface area contributed by atoms with E-state index >= 15 is 0 Å². The molecule has 1 aliphatic heterocycles. The van der Waals surface area contributed by atoms with Crippen molar-refractivity contribution in [2.24, 2.45) is 0 Å². The lowest BCUT2D eigenvalue weighted by molar-refractivity contribution is 0.0381. The monoisotopic (exact) mass is 346 g/mol. The molecule has 1 amide bonds. The van der Waals surface area contributed by atoms with Gasteiger partial charge >= 0.3 is 0 Å². The van der Waals surface area contributed by atoms with Gasteiger partial charge in [0, 0.05) is 30.7 Å². The summed E-state index contributed by atoms with van der Waals surface area (Å²) in [5.41, 5.74) is 0.807. The fourth-order valence-electron chi connectivity index (χ4n) is 3.24. The Morgan fingerprint density at radius 3 is 2.56 bits per heavy atom. The molecule has 3 heterocycles. The van der Waals surface area contributed by atoms with Crippen molar-refractivity contribution in [3.63, 3.8) is 0 Å². The lowest BCUT2D eigenvalue weighted by Crippen LogP contribution is -2.35. The molecule has 8 heteroatoms. The molecular formula is C17H26N6O2. The number of likely N-dealkylation sites (tertiary alicyclic amines) is 1. The zero-order valence-corrected chi connectivity index (χ0v) is 15.5. The molecule has 0 saturated carbocycles. The summed E-state index contributed by atoms with van der Waals surface area (Å²) < 4.78 is 3.55. The topological polar surface area (TPSA) is 89.1 Å². The number of hydrogen-bond acceptors (Lipinski definition) is 5. The molecule has 136 valence electrons. The molecule has 1 atom stereocenters. The first-order valence-corrected chi connectivity index (χ1v) is 8.71. The van der Waals surface area contributed by atoms with Gasteiger partial charge in [0.15, 0.2) is 0 Å². The van der Waals surface area contributed by atoms with Gasteiger partial charge in [0.05, 0.1) is 24.5 Å². The van der Waals surface area contributed by atoms with Crippen LogP contribution >= 0.6 is 0 Å². The second-order valence-corrected chi connectivity index (χ2v) is 7.37. The lowest BCUT2D eigenvalue weighted by Gasteiger charge is -2.21. The first-order valence-electron chi connectivity index (χ1n) is 8.71. The van der Waals surface area contributed by atoms with Crippen molar-refractivity contribution in [2.45, 2.75) is 58.7 Å². The van der Waals surface area contributed by atoms with Gasteiger partial charge in [0.25, 0.3) is 5.91 Å². The van der Waals surface area contributed by atoms with Crippen molar-refractivity contribution in [3.05, 3.63) is 29.3 Å². The van der Waals surface area contributed by atoms with Crippen LogP contribution in [0, 0.1) is 6.92 Å². The number of aliphatic hydroxyl groups is 1. The number of aromatic nitrogens is 5. The van der Waals surface area contributed by atoms with Gasteiger partial charge in [0.1, 0.15) is 11.3 Å². The van der Waals surface area contributed by atoms with Crippen LogP contribution in [0.2, 0.25) is 0 Å². The first kappa shape index (κ1) is 17.6. The highest BCUT2D eigenvalue weighted by Gasteiger charge is 2.42. The van der Waals surface area contributed by atoms with E-state index in [0.717, 1.165) is 5.69 Å². The van der Waals surface area contributed by atoms with E-state index < -0.39 is 5.60 Å². The van der Waals surface area contributed by atoms with Crippen LogP contribution in [0.5, 0.6) is 0 Å². The standard InChI is InChI=1S/C17H26N6O2/c1-11(2)22-9-15(19-20-22)17(25)6-7-21(10-17)16(24)14-8-18-23(12(3)4)13(14)5/h8-9,11-12,25H,6-7,10H2,1-5H3. The Bertz CT molecular complexity index is 778. The maximum Gasteiger partial charge on any atom is 0.257 e. The van der Waals surface area contributed by atoms with Crippen molar-refractivity contribution >= 4 is 5.91 Å². The Kier molecular flexibility index (Phi) is 4.40. The van der Waals surface area contributed by atoms with Crippen LogP contribution in [-0.4, -0.2) is 53.8 Å². The molecule has 3 rings (SSSR count). The molecule has 0 aliphatic carbocycles. The minimum atomic E-state index is -1.15. The molecule has 25 heavy (non-hydrogen) atoms. The van der Waals surface area contributed by atoms with Crippen LogP contribution in [0.3, 0.4) is 0 Å². The third-order valence-electron chi connectivity index (χ3n) is 4.82. The summed E-state index contributed by atoms with van der Waals surface area (Å²) in [5, 5.41) is 23.4. The third-order valence-corrected chi connectivity index (χ3v) is 4.82. The predicted octanol–water partition coefficient (Wildman–Crippen LogP) is 1.68. The van der Waals surface area contributed by atoms with Gasteiger partial charge in [-0.2, -0.15) is 5.10 Å². The summed E-state index contributed by atoms with van der Waals surface area (Å²) in [4.78, 5) is 14.5. The average Bonchev–Trinajstić information content (AvgIpc) is 3.24. The highest BCUT2D eigenvalue weighted by Crippen LogP contribution is 2.32. The number of hydrogen-bond donors (Lipinski definition) is 1. The summed E-state index contributed by atoms with van der Waals surface area (Å²) >= 11 is 0. The quantitative estimate of drug-likeness (QED) is 0.910. The Morgan fingerprint density at radius 1 is 1.28 bits per heavy atom. The Labute approximate surface area is 147 Å². The molecule has 0 bridgehead atoms. The van der Waals surface area contributed by atoms with Crippen molar-refractivity contribution in [1.29, 1.82) is 0 Å². The largest absolute Gasteiger partial charge is 0.381 e. The van der Waals surface area contributed by atoms with Gasteiger partial charge in [-0.05, 0) is 34.6 Å². The predicted molar refractivity (Wildman–Crippen MR) is 92.2 cm³/mol. The van der Waals surface area contributed by atoms with E-state index in [0.29, 0.717) is 24.2 Å². The molecule has 1 unspecified atom stereocenters. The van der Waals surface area contributed by atoms with Gasteiger partial charge in [0.2, 0.25) is 0 Å². The summed E-state index contributed by atoms with van der Waals surface area (Å²) in [6.45, 7) is 10.7. The molecule has 0 radical (unpaired) electrons. The van der Waals surface area contributed by atoms with Crippen LogP contribution in [0.4, 0.5) is 0 Å². The van der Waals surface area contributed by atoms with Crippen LogP contribution in [-0.2, 0) is 5.60 Å². The Balaban J connectivity index is 1.78.